The van der Waals surface area contributed by atoms with Crippen LogP contribution in [0, 0.1) is 0 Å². The lowest BCUT2D eigenvalue weighted by molar-refractivity contribution is -0.274. The van der Waals surface area contributed by atoms with Crippen molar-refractivity contribution in [3.63, 3.8) is 0 Å². The summed E-state index contributed by atoms with van der Waals surface area (Å²) in [6.45, 7) is 0. The van der Waals surface area contributed by atoms with E-state index >= 15 is 0 Å². The molecule has 0 bridgehead atoms. The van der Waals surface area contributed by atoms with E-state index in [0.717, 1.165) is 12.1 Å². The fourth-order valence-corrected chi connectivity index (χ4v) is 2.77. The molecule has 0 fully saturated rings. The molecule has 154 valence electrons. The van der Waals surface area contributed by atoms with Crippen LogP contribution in [0.2, 0.25) is 5.02 Å². The van der Waals surface area contributed by atoms with E-state index in [1.54, 1.807) is 6.07 Å². The summed E-state index contributed by atoms with van der Waals surface area (Å²) in [5.41, 5.74) is 0.993. The number of alkyl halides is 3. The molecule has 0 amide bonds. The number of ether oxygens (including phenoxy) is 2. The maximum Gasteiger partial charge on any atom is 0.573 e. The molecule has 2 heterocycles. The monoisotopic (exact) mass is 438 g/mol. The molecule has 4 rings (SSSR count). The first-order valence-electron chi connectivity index (χ1n) is 8.19. The Labute approximate surface area is 170 Å². The third-order valence-corrected chi connectivity index (χ3v) is 4.15. The van der Waals surface area contributed by atoms with Crippen molar-refractivity contribution in [1.82, 2.24) is 19.7 Å². The molecule has 2 aromatic carbocycles. The van der Waals surface area contributed by atoms with Crippen LogP contribution in [0.1, 0.15) is 10.4 Å². The maximum absolute atomic E-state index is 12.2. The zero-order valence-corrected chi connectivity index (χ0v) is 15.4. The Morgan fingerprint density at radius 2 is 1.87 bits per heavy atom. The standard InChI is InChI=1S/C18H10ClF3N4O4/c19-12-5-13-14(25-17(24-13)26-8-9(7-23-26)16(27)28)6-15(12)29-10-1-3-11(4-2-10)30-18(20,21)22/h1-8H,(H,24,25)(H,27,28). The van der Waals surface area contributed by atoms with Crippen LogP contribution in [0.3, 0.4) is 0 Å². The highest BCUT2D eigenvalue weighted by atomic mass is 35.5. The molecule has 0 aliphatic rings. The van der Waals surface area contributed by atoms with Gasteiger partial charge in [0.25, 0.3) is 0 Å². The summed E-state index contributed by atoms with van der Waals surface area (Å²) >= 11 is 6.23. The maximum atomic E-state index is 12.2. The summed E-state index contributed by atoms with van der Waals surface area (Å²) < 4.78 is 47.4. The number of imidazole rings is 1. The van der Waals surface area contributed by atoms with Gasteiger partial charge in [0.15, 0.2) is 0 Å². The van der Waals surface area contributed by atoms with E-state index < -0.39 is 12.3 Å². The lowest BCUT2D eigenvalue weighted by Gasteiger charge is -2.10. The molecule has 12 heteroatoms. The van der Waals surface area contributed by atoms with Crippen molar-refractivity contribution in [3.8, 4) is 23.2 Å². The van der Waals surface area contributed by atoms with Gasteiger partial charge in [-0.3, -0.25) is 0 Å². The minimum absolute atomic E-state index is 0.00420. The number of H-pyrrole nitrogens is 1. The third-order valence-electron chi connectivity index (χ3n) is 3.85. The smallest absolute Gasteiger partial charge is 0.478 e. The van der Waals surface area contributed by atoms with Crippen LogP contribution >= 0.6 is 11.6 Å². The molecule has 0 aliphatic heterocycles. The Kier molecular flexibility index (Phi) is 4.74. The highest BCUT2D eigenvalue weighted by molar-refractivity contribution is 6.32. The molecule has 0 spiro atoms. The molecule has 0 aliphatic carbocycles. The Morgan fingerprint density at radius 1 is 1.17 bits per heavy atom. The normalized spacial score (nSPS) is 11.6. The first-order valence-corrected chi connectivity index (χ1v) is 8.57. The number of nitrogens with zero attached hydrogens (tertiary/aromatic N) is 3. The molecule has 2 N–H and O–H groups in total. The van der Waals surface area contributed by atoms with Crippen LogP contribution in [0.15, 0.2) is 48.8 Å². The van der Waals surface area contributed by atoms with E-state index in [2.05, 4.69) is 19.8 Å². The van der Waals surface area contributed by atoms with Gasteiger partial charge in [-0.2, -0.15) is 5.10 Å². The molecule has 0 saturated heterocycles. The van der Waals surface area contributed by atoms with Crippen LogP contribution in [-0.4, -0.2) is 37.2 Å². The van der Waals surface area contributed by atoms with Gasteiger partial charge in [0, 0.05) is 12.3 Å². The minimum Gasteiger partial charge on any atom is -0.478 e. The molecule has 4 aromatic rings. The SMILES string of the molecule is O=C(O)c1cnn(-c2nc3cc(Oc4ccc(OC(F)(F)F)cc4)c(Cl)cc3[nH]2)c1. The number of carboxylic acids is 1. The first-order chi connectivity index (χ1) is 14.2. The van der Waals surface area contributed by atoms with Gasteiger partial charge < -0.3 is 19.6 Å². The average Bonchev–Trinajstić information content (AvgIpc) is 3.29. The molecule has 0 saturated carbocycles. The predicted molar refractivity (Wildman–Crippen MR) is 98.4 cm³/mol. The Hall–Kier alpha value is -3.73. The van der Waals surface area contributed by atoms with Crippen molar-refractivity contribution in [2.24, 2.45) is 0 Å². The fraction of sp³-hybridized carbons (Fsp3) is 0.0556. The number of carboxylic acid groups (broad SMARTS) is 1. The van der Waals surface area contributed by atoms with Crippen molar-refractivity contribution in [2.45, 2.75) is 6.36 Å². The summed E-state index contributed by atoms with van der Waals surface area (Å²) in [6, 6.07) is 7.90. The summed E-state index contributed by atoms with van der Waals surface area (Å²) in [5.74, 6) is -0.784. The predicted octanol–water partition coefficient (Wildman–Crippen LogP) is 4.79. The topological polar surface area (TPSA) is 102 Å². The van der Waals surface area contributed by atoms with Crippen molar-refractivity contribution >= 4 is 28.6 Å². The Morgan fingerprint density at radius 3 is 2.50 bits per heavy atom. The second kappa shape index (κ2) is 7.26. The van der Waals surface area contributed by atoms with Crippen molar-refractivity contribution in [2.75, 3.05) is 0 Å². The number of carbonyl (C=O) groups is 1. The highest BCUT2D eigenvalue weighted by Gasteiger charge is 2.31. The van der Waals surface area contributed by atoms with Gasteiger partial charge in [0.2, 0.25) is 5.95 Å². The number of aromatic nitrogens is 4. The molecule has 0 atom stereocenters. The number of aromatic carboxylic acids is 1. The number of benzene rings is 2. The number of nitrogens with one attached hydrogen (secondary N) is 1. The van der Waals surface area contributed by atoms with E-state index in [-0.39, 0.29) is 33.8 Å². The van der Waals surface area contributed by atoms with E-state index in [0.29, 0.717) is 11.0 Å². The first kappa shape index (κ1) is 19.6. The number of fused-ring (bicyclic) bond motifs is 1. The molecular weight excluding hydrogens is 429 g/mol. The van der Waals surface area contributed by atoms with Gasteiger partial charge in [-0.15, -0.1) is 13.2 Å². The fourth-order valence-electron chi connectivity index (χ4n) is 2.57. The van der Waals surface area contributed by atoms with Crippen LogP contribution in [0.5, 0.6) is 17.2 Å². The lowest BCUT2D eigenvalue weighted by Crippen LogP contribution is -2.16. The van der Waals surface area contributed by atoms with Crippen LogP contribution in [0.4, 0.5) is 13.2 Å². The molecule has 0 unspecified atom stereocenters. The van der Waals surface area contributed by atoms with Gasteiger partial charge in [-0.05, 0) is 30.3 Å². The van der Waals surface area contributed by atoms with Crippen molar-refractivity contribution in [3.05, 3.63) is 59.4 Å². The summed E-state index contributed by atoms with van der Waals surface area (Å²) in [4.78, 5) is 18.3. The second-order valence-corrected chi connectivity index (χ2v) is 6.37. The quantitative estimate of drug-likeness (QED) is 0.464. The number of hydrogen-bond donors (Lipinski definition) is 2. The highest BCUT2D eigenvalue weighted by Crippen LogP contribution is 2.34. The van der Waals surface area contributed by atoms with Crippen molar-refractivity contribution in [1.29, 1.82) is 0 Å². The summed E-state index contributed by atoms with van der Waals surface area (Å²) in [5, 5.41) is 13.1. The third kappa shape index (κ3) is 4.15. The van der Waals surface area contributed by atoms with E-state index in [4.69, 9.17) is 21.4 Å². The molecule has 8 nitrogen and oxygen atoms in total. The van der Waals surface area contributed by atoms with E-state index in [9.17, 15) is 18.0 Å². The van der Waals surface area contributed by atoms with Gasteiger partial charge in [0.05, 0.1) is 27.8 Å². The summed E-state index contributed by atoms with van der Waals surface area (Å²) in [7, 11) is 0. The van der Waals surface area contributed by atoms with Crippen molar-refractivity contribution < 1.29 is 32.5 Å². The van der Waals surface area contributed by atoms with E-state index in [1.165, 1.54) is 35.3 Å². The molecule has 0 radical (unpaired) electrons. The largest absolute Gasteiger partial charge is 0.573 e. The zero-order chi connectivity index (χ0) is 21.5. The number of halogens is 4. The van der Waals surface area contributed by atoms with E-state index in [1.807, 2.05) is 0 Å². The van der Waals surface area contributed by atoms with Gasteiger partial charge in [0.1, 0.15) is 17.2 Å². The Bertz CT molecular complexity index is 1230. The molecule has 30 heavy (non-hydrogen) atoms. The van der Waals surface area contributed by atoms with Crippen LogP contribution < -0.4 is 9.47 Å². The Balaban J connectivity index is 1.59. The number of rotatable bonds is 5. The lowest BCUT2D eigenvalue weighted by atomic mass is 10.3. The average molecular weight is 439 g/mol. The van der Waals surface area contributed by atoms with Gasteiger partial charge >= 0.3 is 12.3 Å². The molecule has 2 aromatic heterocycles. The van der Waals surface area contributed by atoms with Crippen LogP contribution in [0.25, 0.3) is 17.0 Å². The zero-order valence-electron chi connectivity index (χ0n) is 14.6. The van der Waals surface area contributed by atoms with Crippen LogP contribution in [-0.2, 0) is 0 Å². The van der Waals surface area contributed by atoms with Gasteiger partial charge in [-0.1, -0.05) is 11.6 Å². The minimum atomic E-state index is -4.78. The molecular formula is C18H10ClF3N4O4. The number of aromatic amines is 1. The number of hydrogen-bond acceptors (Lipinski definition) is 5. The second-order valence-electron chi connectivity index (χ2n) is 5.96. The van der Waals surface area contributed by atoms with Gasteiger partial charge in [-0.25, -0.2) is 14.5 Å². The summed E-state index contributed by atoms with van der Waals surface area (Å²) in [6.07, 6.45) is -2.30.